The molecule has 2 heterocycles. The van der Waals surface area contributed by atoms with Crippen LogP contribution in [0.4, 0.5) is 0 Å². The van der Waals surface area contributed by atoms with E-state index in [-0.39, 0.29) is 16.2 Å². The first-order valence-electron chi connectivity index (χ1n) is 5.61. The molecule has 0 aromatic carbocycles. The second kappa shape index (κ2) is 4.19. The summed E-state index contributed by atoms with van der Waals surface area (Å²) in [7, 11) is -3.60. The Labute approximate surface area is 114 Å². The molecular formula is C10H12ClN3O2S2. The van der Waals surface area contributed by atoms with Gasteiger partial charge in [0.15, 0.2) is 15.1 Å². The average Bonchev–Trinajstić information content (AvgIpc) is 2.73. The van der Waals surface area contributed by atoms with Gasteiger partial charge in [-0.25, -0.2) is 18.1 Å². The standard InChI is InChI=1S/C10H12ClN3O2S2/c1-6-4-7(5-6)13-18(15,16)9-8(11)12-10-14(9)2-3-17-10/h2-3,6-7,13H,4-5H2,1H3. The zero-order valence-electron chi connectivity index (χ0n) is 9.63. The third kappa shape index (κ3) is 1.95. The predicted molar refractivity (Wildman–Crippen MR) is 70.6 cm³/mol. The summed E-state index contributed by atoms with van der Waals surface area (Å²) < 4.78 is 28.8. The van der Waals surface area contributed by atoms with Crippen molar-refractivity contribution in [1.82, 2.24) is 14.1 Å². The van der Waals surface area contributed by atoms with Crippen LogP contribution in [-0.2, 0) is 10.0 Å². The van der Waals surface area contributed by atoms with Crippen molar-refractivity contribution in [2.75, 3.05) is 0 Å². The lowest BCUT2D eigenvalue weighted by molar-refractivity contribution is 0.270. The molecule has 3 rings (SSSR count). The van der Waals surface area contributed by atoms with Gasteiger partial charge in [-0.15, -0.1) is 11.3 Å². The number of halogens is 1. The van der Waals surface area contributed by atoms with Crippen molar-refractivity contribution in [3.05, 3.63) is 16.7 Å². The topological polar surface area (TPSA) is 63.5 Å². The van der Waals surface area contributed by atoms with E-state index >= 15 is 0 Å². The van der Waals surface area contributed by atoms with Crippen molar-refractivity contribution in [2.24, 2.45) is 5.92 Å². The summed E-state index contributed by atoms with van der Waals surface area (Å²) in [6.07, 6.45) is 3.42. The van der Waals surface area contributed by atoms with Gasteiger partial charge in [0.05, 0.1) is 0 Å². The van der Waals surface area contributed by atoms with E-state index in [0.717, 1.165) is 12.8 Å². The van der Waals surface area contributed by atoms with Crippen LogP contribution in [0.25, 0.3) is 4.96 Å². The van der Waals surface area contributed by atoms with E-state index < -0.39 is 10.0 Å². The minimum atomic E-state index is -3.60. The van der Waals surface area contributed by atoms with Gasteiger partial charge in [0.2, 0.25) is 0 Å². The minimum absolute atomic E-state index is 0.0188. The number of hydrogen-bond donors (Lipinski definition) is 1. The first kappa shape index (κ1) is 12.4. The van der Waals surface area contributed by atoms with Crippen molar-refractivity contribution in [1.29, 1.82) is 0 Å². The van der Waals surface area contributed by atoms with Crippen molar-refractivity contribution in [3.63, 3.8) is 0 Å². The maximum atomic E-state index is 12.3. The first-order valence-corrected chi connectivity index (χ1v) is 8.35. The Morgan fingerprint density at radius 1 is 1.56 bits per heavy atom. The Kier molecular flexibility index (Phi) is 2.89. The molecule has 18 heavy (non-hydrogen) atoms. The fourth-order valence-electron chi connectivity index (χ4n) is 2.25. The fourth-order valence-corrected chi connectivity index (χ4v) is 4.97. The summed E-state index contributed by atoms with van der Waals surface area (Å²) in [6, 6.07) is 0.0188. The lowest BCUT2D eigenvalue weighted by Gasteiger charge is -2.32. The summed E-state index contributed by atoms with van der Waals surface area (Å²) in [5, 5.41) is 1.85. The zero-order chi connectivity index (χ0) is 12.9. The summed E-state index contributed by atoms with van der Waals surface area (Å²) in [5.74, 6) is 0.583. The van der Waals surface area contributed by atoms with Crippen LogP contribution in [0.15, 0.2) is 16.6 Å². The Bertz CT molecular complexity index is 685. The van der Waals surface area contributed by atoms with Gasteiger partial charge in [-0.3, -0.25) is 4.40 Å². The van der Waals surface area contributed by atoms with E-state index in [9.17, 15) is 8.42 Å². The predicted octanol–water partition coefficient (Wildman–Crippen LogP) is 2.13. The Balaban J connectivity index is 1.97. The molecular weight excluding hydrogens is 294 g/mol. The number of fused-ring (bicyclic) bond motifs is 1. The molecule has 0 amide bonds. The van der Waals surface area contributed by atoms with Crippen LogP contribution < -0.4 is 4.72 Å². The smallest absolute Gasteiger partial charge is 0.260 e. The molecule has 0 atom stereocenters. The second-order valence-electron chi connectivity index (χ2n) is 4.66. The zero-order valence-corrected chi connectivity index (χ0v) is 12.0. The molecule has 0 aliphatic heterocycles. The van der Waals surface area contributed by atoms with Crippen LogP contribution in [0.5, 0.6) is 0 Å². The number of imidazole rings is 1. The number of rotatable bonds is 3. The lowest BCUT2D eigenvalue weighted by Crippen LogP contribution is -2.43. The monoisotopic (exact) mass is 305 g/mol. The molecule has 0 radical (unpaired) electrons. The average molecular weight is 306 g/mol. The number of sulfonamides is 1. The maximum Gasteiger partial charge on any atom is 0.260 e. The number of nitrogens with one attached hydrogen (secondary N) is 1. The van der Waals surface area contributed by atoms with E-state index in [4.69, 9.17) is 11.6 Å². The Morgan fingerprint density at radius 3 is 2.94 bits per heavy atom. The van der Waals surface area contributed by atoms with Gasteiger partial charge in [-0.1, -0.05) is 18.5 Å². The van der Waals surface area contributed by atoms with Crippen LogP contribution >= 0.6 is 22.9 Å². The van der Waals surface area contributed by atoms with Crippen molar-refractivity contribution in [3.8, 4) is 0 Å². The number of aromatic nitrogens is 2. The quantitative estimate of drug-likeness (QED) is 0.945. The first-order chi connectivity index (χ1) is 8.47. The molecule has 5 nitrogen and oxygen atoms in total. The normalized spacial score (nSPS) is 24.3. The molecule has 2 aromatic heterocycles. The summed E-state index contributed by atoms with van der Waals surface area (Å²) >= 11 is 7.28. The van der Waals surface area contributed by atoms with Gasteiger partial charge in [0.1, 0.15) is 0 Å². The lowest BCUT2D eigenvalue weighted by atomic mass is 9.83. The second-order valence-corrected chi connectivity index (χ2v) is 7.52. The van der Waals surface area contributed by atoms with Crippen molar-refractivity contribution >= 4 is 37.9 Å². The fraction of sp³-hybridized carbons (Fsp3) is 0.500. The van der Waals surface area contributed by atoms with Crippen LogP contribution in [-0.4, -0.2) is 23.8 Å². The van der Waals surface area contributed by atoms with Crippen LogP contribution in [0, 0.1) is 5.92 Å². The highest BCUT2D eigenvalue weighted by Gasteiger charge is 2.33. The van der Waals surface area contributed by atoms with E-state index in [1.807, 2.05) is 0 Å². The summed E-state index contributed by atoms with van der Waals surface area (Å²) in [5.41, 5.74) is 0. The molecule has 1 fully saturated rings. The molecule has 1 saturated carbocycles. The molecule has 98 valence electrons. The Morgan fingerprint density at radius 2 is 2.28 bits per heavy atom. The largest absolute Gasteiger partial charge is 0.279 e. The number of hydrogen-bond acceptors (Lipinski definition) is 4. The van der Waals surface area contributed by atoms with Crippen molar-refractivity contribution in [2.45, 2.75) is 30.8 Å². The molecule has 0 unspecified atom stereocenters. The molecule has 0 spiro atoms. The highest BCUT2D eigenvalue weighted by Crippen LogP contribution is 2.30. The van der Waals surface area contributed by atoms with E-state index in [1.54, 1.807) is 11.6 Å². The Hall–Kier alpha value is -0.630. The maximum absolute atomic E-state index is 12.3. The van der Waals surface area contributed by atoms with Crippen LogP contribution in [0.2, 0.25) is 5.15 Å². The van der Waals surface area contributed by atoms with Gasteiger partial charge in [0.25, 0.3) is 10.0 Å². The van der Waals surface area contributed by atoms with E-state index in [2.05, 4.69) is 16.6 Å². The third-order valence-corrected chi connectivity index (χ3v) is 5.80. The SMILES string of the molecule is CC1CC(NS(=O)(=O)c2c(Cl)nc3sccn23)C1. The third-order valence-electron chi connectivity index (χ3n) is 3.13. The summed E-state index contributed by atoms with van der Waals surface area (Å²) in [6.45, 7) is 2.10. The minimum Gasteiger partial charge on any atom is -0.279 e. The summed E-state index contributed by atoms with van der Waals surface area (Å²) in [4.78, 5) is 4.62. The molecule has 0 bridgehead atoms. The van der Waals surface area contributed by atoms with E-state index in [1.165, 1.54) is 15.7 Å². The highest BCUT2D eigenvalue weighted by molar-refractivity contribution is 7.89. The molecule has 1 aliphatic carbocycles. The van der Waals surface area contributed by atoms with Gasteiger partial charge in [-0.2, -0.15) is 0 Å². The van der Waals surface area contributed by atoms with Crippen LogP contribution in [0.1, 0.15) is 19.8 Å². The van der Waals surface area contributed by atoms with Gasteiger partial charge < -0.3 is 0 Å². The molecule has 2 aromatic rings. The van der Waals surface area contributed by atoms with Crippen LogP contribution in [0.3, 0.4) is 0 Å². The molecule has 0 saturated heterocycles. The van der Waals surface area contributed by atoms with Gasteiger partial charge in [-0.05, 0) is 18.8 Å². The van der Waals surface area contributed by atoms with Gasteiger partial charge in [0, 0.05) is 17.6 Å². The highest BCUT2D eigenvalue weighted by atomic mass is 35.5. The number of thiazole rings is 1. The number of nitrogens with zero attached hydrogens (tertiary/aromatic N) is 2. The molecule has 1 aliphatic rings. The van der Waals surface area contributed by atoms with Gasteiger partial charge >= 0.3 is 0 Å². The molecule has 1 N–H and O–H groups in total. The van der Waals surface area contributed by atoms with Crippen molar-refractivity contribution < 1.29 is 8.42 Å². The van der Waals surface area contributed by atoms with E-state index in [0.29, 0.717) is 10.9 Å². The molecule has 8 heteroatoms.